The molecule has 10 nitrogen and oxygen atoms in total. The maximum Gasteiger partial charge on any atom is 0.264 e. The molecule has 0 aliphatic rings. The van der Waals surface area contributed by atoms with Gasteiger partial charge in [0.1, 0.15) is 5.69 Å². The number of methoxy groups -OCH3 is 4. The van der Waals surface area contributed by atoms with E-state index < -0.39 is 0 Å². The first-order chi connectivity index (χ1) is 19.4. The predicted molar refractivity (Wildman–Crippen MR) is 152 cm³/mol. The molecule has 0 saturated carbocycles. The molecular formula is C28H24ClN3O7S. The fraction of sp³-hybridized carbons (Fsp3) is 0.179. The number of nitrogens with one attached hydrogen (secondary N) is 1. The molecule has 12 heteroatoms. The highest BCUT2D eigenvalue weighted by Gasteiger charge is 2.18. The zero-order chi connectivity index (χ0) is 28.2. The number of anilines is 1. The molecule has 0 unspecified atom stereocenters. The van der Waals surface area contributed by atoms with Gasteiger partial charge in [0.25, 0.3) is 5.91 Å². The highest BCUT2D eigenvalue weighted by atomic mass is 35.5. The number of halogens is 1. The van der Waals surface area contributed by atoms with Gasteiger partial charge >= 0.3 is 0 Å². The molecule has 0 fully saturated rings. The zero-order valence-corrected chi connectivity index (χ0v) is 23.5. The lowest BCUT2D eigenvalue weighted by Gasteiger charge is -2.13. The first kappa shape index (κ1) is 27.1. The molecule has 5 rings (SSSR count). The van der Waals surface area contributed by atoms with Crippen molar-refractivity contribution in [1.29, 1.82) is 0 Å². The van der Waals surface area contributed by atoms with Crippen molar-refractivity contribution < 1.29 is 33.0 Å². The molecule has 3 aromatic carbocycles. The second-order valence-electron chi connectivity index (χ2n) is 8.32. The average Bonchev–Trinajstić information content (AvgIpc) is 3.62. The van der Waals surface area contributed by atoms with Crippen molar-refractivity contribution in [3.8, 4) is 51.3 Å². The summed E-state index contributed by atoms with van der Waals surface area (Å²) in [5.41, 5.74) is 2.65. The van der Waals surface area contributed by atoms with Crippen LogP contribution in [0.15, 0.2) is 59.1 Å². The van der Waals surface area contributed by atoms with Crippen molar-refractivity contribution in [1.82, 2.24) is 10.1 Å². The number of carbonyl (C=O) groups is 1. The normalized spacial score (nSPS) is 10.8. The number of hydrogen-bond donors (Lipinski definition) is 1. The van der Waals surface area contributed by atoms with E-state index in [1.165, 1.54) is 18.4 Å². The Hall–Kier alpha value is -4.48. The Morgan fingerprint density at radius 2 is 1.60 bits per heavy atom. The minimum absolute atomic E-state index is 0.260. The summed E-state index contributed by atoms with van der Waals surface area (Å²) in [5.74, 6) is 2.39. The summed E-state index contributed by atoms with van der Waals surface area (Å²) in [6, 6.07) is 16.0. The number of amides is 1. The van der Waals surface area contributed by atoms with Crippen LogP contribution in [0.2, 0.25) is 5.02 Å². The molecule has 1 N–H and O–H groups in total. The van der Waals surface area contributed by atoms with Gasteiger partial charge in [-0.25, -0.2) is 4.98 Å². The molecule has 206 valence electrons. The van der Waals surface area contributed by atoms with E-state index in [0.717, 1.165) is 4.70 Å². The lowest BCUT2D eigenvalue weighted by molar-refractivity contribution is -0.118. The van der Waals surface area contributed by atoms with Gasteiger partial charge in [0.2, 0.25) is 5.75 Å². The van der Waals surface area contributed by atoms with Gasteiger partial charge in [0, 0.05) is 22.2 Å². The van der Waals surface area contributed by atoms with Gasteiger partial charge in [-0.1, -0.05) is 28.1 Å². The van der Waals surface area contributed by atoms with Gasteiger partial charge in [-0.3, -0.25) is 10.1 Å². The van der Waals surface area contributed by atoms with Crippen LogP contribution < -0.4 is 29.0 Å². The van der Waals surface area contributed by atoms with Gasteiger partial charge in [0.05, 0.1) is 38.7 Å². The molecule has 5 aromatic rings. The number of benzene rings is 3. The van der Waals surface area contributed by atoms with E-state index in [0.29, 0.717) is 67.0 Å². The van der Waals surface area contributed by atoms with E-state index in [1.54, 1.807) is 69.9 Å². The number of rotatable bonds is 10. The summed E-state index contributed by atoms with van der Waals surface area (Å²) in [4.78, 5) is 17.0. The Morgan fingerprint density at radius 3 is 2.30 bits per heavy atom. The molecule has 0 saturated heterocycles. The largest absolute Gasteiger partial charge is 0.493 e. The number of thiazole rings is 1. The summed E-state index contributed by atoms with van der Waals surface area (Å²) < 4.78 is 34.0. The number of hydrogen-bond acceptors (Lipinski definition) is 10. The minimum atomic E-state index is -0.373. The van der Waals surface area contributed by atoms with Crippen LogP contribution in [0.4, 0.5) is 5.13 Å². The summed E-state index contributed by atoms with van der Waals surface area (Å²) in [5, 5.41) is 7.99. The van der Waals surface area contributed by atoms with Gasteiger partial charge in [0.15, 0.2) is 40.5 Å². The lowest BCUT2D eigenvalue weighted by Crippen LogP contribution is -2.20. The molecule has 40 heavy (non-hydrogen) atoms. The van der Waals surface area contributed by atoms with E-state index in [4.69, 9.17) is 39.8 Å². The molecule has 2 heterocycles. The van der Waals surface area contributed by atoms with Crippen LogP contribution in [-0.2, 0) is 4.79 Å². The van der Waals surface area contributed by atoms with E-state index in [1.807, 2.05) is 6.07 Å². The monoisotopic (exact) mass is 581 g/mol. The maximum atomic E-state index is 12.6. The Morgan fingerprint density at radius 1 is 0.875 bits per heavy atom. The van der Waals surface area contributed by atoms with Crippen molar-refractivity contribution in [3.05, 3.63) is 59.6 Å². The number of aromatic nitrogens is 2. The van der Waals surface area contributed by atoms with Crippen LogP contribution in [0.1, 0.15) is 0 Å². The van der Waals surface area contributed by atoms with E-state index >= 15 is 0 Å². The third-order valence-electron chi connectivity index (χ3n) is 5.87. The first-order valence-electron chi connectivity index (χ1n) is 11.9. The first-order valence-corrected chi connectivity index (χ1v) is 13.1. The fourth-order valence-corrected chi connectivity index (χ4v) is 5.00. The van der Waals surface area contributed by atoms with Crippen molar-refractivity contribution >= 4 is 44.2 Å². The van der Waals surface area contributed by atoms with E-state index in [2.05, 4.69) is 15.5 Å². The van der Waals surface area contributed by atoms with Crippen LogP contribution in [-0.4, -0.2) is 51.1 Å². The van der Waals surface area contributed by atoms with Crippen molar-refractivity contribution in [2.24, 2.45) is 0 Å². The van der Waals surface area contributed by atoms with Crippen molar-refractivity contribution in [2.75, 3.05) is 40.4 Å². The van der Waals surface area contributed by atoms with Crippen LogP contribution >= 0.6 is 22.9 Å². The molecule has 0 bridgehead atoms. The maximum absolute atomic E-state index is 12.6. The number of fused-ring (bicyclic) bond motifs is 1. The number of carbonyl (C=O) groups excluding carboxylic acids is 1. The Labute approximate surface area is 238 Å². The Bertz CT molecular complexity index is 1660. The highest BCUT2D eigenvalue weighted by molar-refractivity contribution is 7.22. The summed E-state index contributed by atoms with van der Waals surface area (Å²) in [6.45, 7) is -0.260. The predicted octanol–water partition coefficient (Wildman–Crippen LogP) is 6.32. The average molecular weight is 582 g/mol. The van der Waals surface area contributed by atoms with Crippen molar-refractivity contribution in [3.63, 3.8) is 0 Å². The van der Waals surface area contributed by atoms with Crippen LogP contribution in [0.25, 0.3) is 32.8 Å². The van der Waals surface area contributed by atoms with Gasteiger partial charge in [-0.05, 0) is 48.5 Å². The summed E-state index contributed by atoms with van der Waals surface area (Å²) >= 11 is 7.37. The molecule has 0 radical (unpaired) electrons. The lowest BCUT2D eigenvalue weighted by atomic mass is 10.1. The minimum Gasteiger partial charge on any atom is -0.493 e. The third kappa shape index (κ3) is 5.61. The smallest absolute Gasteiger partial charge is 0.264 e. The fourth-order valence-electron chi connectivity index (χ4n) is 3.97. The zero-order valence-electron chi connectivity index (χ0n) is 21.9. The number of nitrogens with zero attached hydrogens (tertiary/aromatic N) is 2. The quantitative estimate of drug-likeness (QED) is 0.202. The molecule has 0 atom stereocenters. The van der Waals surface area contributed by atoms with Crippen LogP contribution in [0, 0.1) is 0 Å². The Kier molecular flexibility index (Phi) is 7.94. The second kappa shape index (κ2) is 11.7. The Balaban J connectivity index is 1.33. The third-order valence-corrected chi connectivity index (χ3v) is 7.06. The van der Waals surface area contributed by atoms with Crippen LogP contribution in [0.3, 0.4) is 0 Å². The summed E-state index contributed by atoms with van der Waals surface area (Å²) in [6.07, 6.45) is 0. The van der Waals surface area contributed by atoms with Gasteiger partial charge in [-0.2, -0.15) is 0 Å². The second-order valence-corrected chi connectivity index (χ2v) is 9.79. The van der Waals surface area contributed by atoms with Gasteiger partial charge < -0.3 is 28.2 Å². The van der Waals surface area contributed by atoms with E-state index in [9.17, 15) is 4.79 Å². The number of ether oxygens (including phenoxy) is 5. The molecule has 1 amide bonds. The molecule has 0 aliphatic heterocycles. The standard InChI is InChI=1S/C28H24ClN3O7S/c1-34-20-7-5-15(21-13-18(32-39-21)16-10-23(35-2)27(37-4)24(11-16)36-3)9-22(20)38-14-26(33)31-28-30-19-12-17(29)6-8-25(19)40-28/h5-13H,14H2,1-4H3,(H,30,31,33). The van der Waals surface area contributed by atoms with Crippen molar-refractivity contribution in [2.45, 2.75) is 0 Å². The van der Waals surface area contributed by atoms with Crippen LogP contribution in [0.5, 0.6) is 28.7 Å². The molecule has 2 aromatic heterocycles. The molecule has 0 aliphatic carbocycles. The molecular weight excluding hydrogens is 558 g/mol. The topological polar surface area (TPSA) is 114 Å². The summed E-state index contributed by atoms with van der Waals surface area (Å²) in [7, 11) is 6.15. The van der Waals surface area contributed by atoms with E-state index in [-0.39, 0.29) is 12.5 Å². The highest BCUT2D eigenvalue weighted by Crippen LogP contribution is 2.42. The molecule has 0 spiro atoms. The SMILES string of the molecule is COc1ccc(-c2cc(-c3cc(OC)c(OC)c(OC)c3)no2)cc1OCC(=O)Nc1nc2cc(Cl)ccc2s1. The van der Waals surface area contributed by atoms with Gasteiger partial charge in [-0.15, -0.1) is 0 Å².